The number of rotatable bonds is 4. The summed E-state index contributed by atoms with van der Waals surface area (Å²) in [5.74, 6) is 0.383. The number of carbonyl (C=O) groups is 1. The number of benzene rings is 1. The summed E-state index contributed by atoms with van der Waals surface area (Å²) < 4.78 is 11.1. The minimum atomic E-state index is -0.373. The van der Waals surface area contributed by atoms with Crippen LogP contribution in [-0.4, -0.2) is 19.7 Å². The van der Waals surface area contributed by atoms with Crippen LogP contribution in [0.4, 0.5) is 5.69 Å². The molecule has 0 atom stereocenters. The predicted molar refractivity (Wildman–Crippen MR) is 89.1 cm³/mol. The molecule has 6 heteroatoms. The molecular weight excluding hydrogens is 354 g/mol. The Morgan fingerprint density at radius 2 is 2.14 bits per heavy atom. The lowest BCUT2D eigenvalue weighted by Gasteiger charge is -2.06. The van der Waals surface area contributed by atoms with E-state index in [1.54, 1.807) is 14.0 Å². The molecule has 0 unspecified atom stereocenters. The molecule has 4 nitrogen and oxygen atoms in total. The van der Waals surface area contributed by atoms with Gasteiger partial charge in [-0.25, -0.2) is 4.79 Å². The van der Waals surface area contributed by atoms with Crippen LogP contribution in [0, 0.1) is 6.92 Å². The van der Waals surface area contributed by atoms with Crippen molar-refractivity contribution in [2.75, 3.05) is 19.5 Å². The molecule has 1 aromatic heterocycles. The molecular formula is C15H16BrNO3S. The minimum Gasteiger partial charge on any atom is -0.496 e. The molecule has 2 N–H and O–H groups in total. The highest BCUT2D eigenvalue weighted by molar-refractivity contribution is 9.10. The average Bonchev–Trinajstić information content (AvgIpc) is 2.76. The van der Waals surface area contributed by atoms with Crippen LogP contribution in [-0.2, 0) is 4.74 Å². The number of thiophene rings is 1. The van der Waals surface area contributed by atoms with Crippen molar-refractivity contribution in [3.8, 4) is 16.2 Å². The van der Waals surface area contributed by atoms with E-state index in [0.717, 1.165) is 26.2 Å². The Labute approximate surface area is 136 Å². The Morgan fingerprint density at radius 1 is 1.43 bits per heavy atom. The lowest BCUT2D eigenvalue weighted by Crippen LogP contribution is -2.05. The number of carbonyl (C=O) groups excluding carboxylic acids is 1. The Morgan fingerprint density at radius 3 is 2.71 bits per heavy atom. The summed E-state index contributed by atoms with van der Waals surface area (Å²) >= 11 is 4.81. The maximum atomic E-state index is 11.9. The number of ether oxygens (including phenoxy) is 2. The van der Waals surface area contributed by atoms with Crippen molar-refractivity contribution in [2.24, 2.45) is 0 Å². The number of halogens is 1. The molecule has 2 rings (SSSR count). The molecule has 21 heavy (non-hydrogen) atoms. The number of hydrogen-bond donors (Lipinski definition) is 1. The van der Waals surface area contributed by atoms with E-state index in [4.69, 9.17) is 15.2 Å². The fraction of sp³-hybridized carbons (Fsp3) is 0.267. The van der Waals surface area contributed by atoms with Crippen LogP contribution < -0.4 is 10.5 Å². The zero-order chi connectivity index (χ0) is 15.6. The summed E-state index contributed by atoms with van der Waals surface area (Å²) in [5, 5.41) is 0. The van der Waals surface area contributed by atoms with Crippen molar-refractivity contribution < 1.29 is 14.3 Å². The third-order valence-corrected chi connectivity index (χ3v) is 5.02. The summed E-state index contributed by atoms with van der Waals surface area (Å²) in [4.78, 5) is 13.3. The number of nitrogen functional groups attached to an aromatic ring is 1. The van der Waals surface area contributed by atoms with E-state index in [1.165, 1.54) is 11.3 Å². The molecule has 2 aromatic rings. The molecule has 0 bridgehead atoms. The molecule has 0 radical (unpaired) electrons. The van der Waals surface area contributed by atoms with Gasteiger partial charge < -0.3 is 15.2 Å². The third kappa shape index (κ3) is 3.06. The van der Waals surface area contributed by atoms with Crippen molar-refractivity contribution in [1.82, 2.24) is 0 Å². The summed E-state index contributed by atoms with van der Waals surface area (Å²) in [7, 11) is 1.62. The summed E-state index contributed by atoms with van der Waals surface area (Å²) in [6, 6.07) is 5.77. The van der Waals surface area contributed by atoms with Crippen LogP contribution in [0.15, 0.2) is 22.7 Å². The number of hydrogen-bond acceptors (Lipinski definition) is 5. The Balaban J connectivity index is 2.48. The smallest absolute Gasteiger partial charge is 0.350 e. The second-order valence-electron chi connectivity index (χ2n) is 4.37. The van der Waals surface area contributed by atoms with Crippen molar-refractivity contribution in [3.05, 3.63) is 33.1 Å². The summed E-state index contributed by atoms with van der Waals surface area (Å²) in [6.45, 7) is 4.01. The van der Waals surface area contributed by atoms with Crippen LogP contribution in [0.3, 0.4) is 0 Å². The van der Waals surface area contributed by atoms with Gasteiger partial charge in [-0.15, -0.1) is 11.3 Å². The van der Waals surface area contributed by atoms with Crippen LogP contribution >= 0.6 is 27.3 Å². The molecule has 112 valence electrons. The van der Waals surface area contributed by atoms with Gasteiger partial charge in [-0.2, -0.15) is 0 Å². The molecule has 0 saturated heterocycles. The molecule has 0 aliphatic heterocycles. The van der Waals surface area contributed by atoms with Crippen molar-refractivity contribution in [1.29, 1.82) is 0 Å². The monoisotopic (exact) mass is 369 g/mol. The van der Waals surface area contributed by atoms with Gasteiger partial charge in [0.1, 0.15) is 10.6 Å². The predicted octanol–water partition coefficient (Wildman–Crippen LogP) is 4.25. The van der Waals surface area contributed by atoms with Crippen LogP contribution in [0.1, 0.15) is 22.2 Å². The maximum Gasteiger partial charge on any atom is 0.350 e. The highest BCUT2D eigenvalue weighted by Gasteiger charge is 2.20. The zero-order valence-electron chi connectivity index (χ0n) is 12.0. The lowest BCUT2D eigenvalue weighted by atomic mass is 10.1. The fourth-order valence-electron chi connectivity index (χ4n) is 1.96. The Hall–Kier alpha value is -1.53. The third-order valence-electron chi connectivity index (χ3n) is 3.07. The van der Waals surface area contributed by atoms with Crippen molar-refractivity contribution in [3.63, 3.8) is 0 Å². The fourth-order valence-corrected chi connectivity index (χ4v) is 3.62. The molecule has 1 heterocycles. The SMILES string of the molecule is CCOC(=O)c1sc(-c2ccc(OC)c(Br)c2)c(C)c1N. The van der Waals surface area contributed by atoms with Crippen molar-refractivity contribution >= 4 is 38.9 Å². The number of esters is 1. The maximum absolute atomic E-state index is 11.9. The van der Waals surface area contributed by atoms with Gasteiger partial charge in [-0.05, 0) is 59.1 Å². The van der Waals surface area contributed by atoms with E-state index >= 15 is 0 Å². The molecule has 0 fully saturated rings. The number of methoxy groups -OCH3 is 1. The lowest BCUT2D eigenvalue weighted by molar-refractivity contribution is 0.0533. The van der Waals surface area contributed by atoms with Gasteiger partial charge in [-0.1, -0.05) is 0 Å². The highest BCUT2D eigenvalue weighted by atomic mass is 79.9. The first-order valence-corrected chi connectivity index (χ1v) is 8.00. The minimum absolute atomic E-state index is 0.332. The van der Waals surface area contributed by atoms with E-state index in [2.05, 4.69) is 15.9 Å². The van der Waals surface area contributed by atoms with Crippen LogP contribution in [0.2, 0.25) is 0 Å². The van der Waals surface area contributed by atoms with E-state index in [1.807, 2.05) is 25.1 Å². The summed E-state index contributed by atoms with van der Waals surface area (Å²) in [6.07, 6.45) is 0. The first-order chi connectivity index (χ1) is 9.99. The molecule has 0 saturated carbocycles. The van der Waals surface area contributed by atoms with Crippen LogP contribution in [0.5, 0.6) is 5.75 Å². The van der Waals surface area contributed by atoms with Gasteiger partial charge in [0, 0.05) is 4.88 Å². The zero-order valence-corrected chi connectivity index (χ0v) is 14.4. The molecule has 0 amide bonds. The standard InChI is InChI=1S/C15H16BrNO3S/c1-4-20-15(18)14-12(17)8(2)13(21-14)9-5-6-11(19-3)10(16)7-9/h5-7H,4,17H2,1-3H3. The molecule has 0 spiro atoms. The highest BCUT2D eigenvalue weighted by Crippen LogP contribution is 2.40. The average molecular weight is 370 g/mol. The molecule has 1 aromatic carbocycles. The van der Waals surface area contributed by atoms with Gasteiger partial charge in [0.15, 0.2) is 0 Å². The normalized spacial score (nSPS) is 10.5. The van der Waals surface area contributed by atoms with Gasteiger partial charge in [0.2, 0.25) is 0 Å². The topological polar surface area (TPSA) is 61.5 Å². The number of nitrogens with two attached hydrogens (primary N) is 1. The second-order valence-corrected chi connectivity index (χ2v) is 6.24. The van der Waals surface area contributed by atoms with E-state index in [9.17, 15) is 4.79 Å². The first-order valence-electron chi connectivity index (χ1n) is 6.39. The van der Waals surface area contributed by atoms with E-state index in [0.29, 0.717) is 17.2 Å². The molecule has 0 aliphatic rings. The Kier molecular flexibility index (Phi) is 4.90. The molecule has 0 aliphatic carbocycles. The second kappa shape index (κ2) is 6.49. The largest absolute Gasteiger partial charge is 0.496 e. The van der Waals surface area contributed by atoms with E-state index in [-0.39, 0.29) is 5.97 Å². The quantitative estimate of drug-likeness (QED) is 0.818. The summed E-state index contributed by atoms with van der Waals surface area (Å²) in [5.41, 5.74) is 8.39. The first kappa shape index (κ1) is 15.9. The van der Waals surface area contributed by atoms with Gasteiger partial charge in [0.25, 0.3) is 0 Å². The van der Waals surface area contributed by atoms with Gasteiger partial charge in [-0.3, -0.25) is 0 Å². The van der Waals surface area contributed by atoms with E-state index < -0.39 is 0 Å². The number of anilines is 1. The van der Waals surface area contributed by atoms with Gasteiger partial charge in [0.05, 0.1) is 23.9 Å². The van der Waals surface area contributed by atoms with Crippen LogP contribution in [0.25, 0.3) is 10.4 Å². The van der Waals surface area contributed by atoms with Crippen molar-refractivity contribution in [2.45, 2.75) is 13.8 Å². The Bertz CT molecular complexity index is 682. The van der Waals surface area contributed by atoms with Gasteiger partial charge >= 0.3 is 5.97 Å².